The number of benzene rings is 1. The lowest BCUT2D eigenvalue weighted by Crippen LogP contribution is -2.17. The Morgan fingerprint density at radius 2 is 2.04 bits per heavy atom. The Balaban J connectivity index is 1.69. The monoisotopic (exact) mass is 344 g/mol. The maximum Gasteiger partial charge on any atom is 0.161 e. The van der Waals surface area contributed by atoms with Crippen molar-refractivity contribution in [1.29, 1.82) is 0 Å². The average molecular weight is 344 g/mol. The molecule has 6 heteroatoms. The van der Waals surface area contributed by atoms with Crippen LogP contribution in [0.25, 0.3) is 10.6 Å². The molecule has 2 aromatic heterocycles. The topological polar surface area (TPSA) is 56.5 Å². The average Bonchev–Trinajstić information content (AvgIpc) is 3.30. The van der Waals surface area contributed by atoms with Crippen LogP contribution in [0.4, 0.5) is 0 Å². The van der Waals surface area contributed by atoms with Crippen molar-refractivity contribution in [3.05, 3.63) is 53.4 Å². The quantitative estimate of drug-likeness (QED) is 0.693. The van der Waals surface area contributed by atoms with Crippen molar-refractivity contribution in [3.63, 3.8) is 0 Å². The summed E-state index contributed by atoms with van der Waals surface area (Å²) in [5, 5.41) is 6.43. The molecule has 0 radical (unpaired) electrons. The Bertz CT molecular complexity index is 783. The summed E-state index contributed by atoms with van der Waals surface area (Å²) in [6, 6.07) is 9.83. The van der Waals surface area contributed by atoms with Crippen molar-refractivity contribution in [2.24, 2.45) is 0 Å². The Morgan fingerprint density at radius 3 is 2.75 bits per heavy atom. The third kappa shape index (κ3) is 3.60. The normalized spacial score (nSPS) is 12.1. The van der Waals surface area contributed by atoms with E-state index in [1.807, 2.05) is 30.3 Å². The first-order valence-electron chi connectivity index (χ1n) is 7.65. The molecule has 3 aromatic rings. The van der Waals surface area contributed by atoms with Gasteiger partial charge in [0.15, 0.2) is 11.5 Å². The van der Waals surface area contributed by atoms with Gasteiger partial charge in [-0.2, -0.15) is 0 Å². The highest BCUT2D eigenvalue weighted by Gasteiger charge is 2.11. The van der Waals surface area contributed by atoms with E-state index in [1.54, 1.807) is 31.8 Å². The molecule has 1 N–H and O–H groups in total. The molecule has 1 atom stereocenters. The van der Waals surface area contributed by atoms with Crippen LogP contribution in [0, 0.1) is 0 Å². The van der Waals surface area contributed by atoms with E-state index in [1.165, 1.54) is 0 Å². The van der Waals surface area contributed by atoms with E-state index in [4.69, 9.17) is 18.9 Å². The molecular weight excluding hydrogens is 324 g/mol. The van der Waals surface area contributed by atoms with E-state index in [2.05, 4.69) is 17.6 Å². The van der Waals surface area contributed by atoms with Crippen LogP contribution in [-0.4, -0.2) is 19.2 Å². The minimum atomic E-state index is 0.145. The fourth-order valence-corrected chi connectivity index (χ4v) is 3.20. The van der Waals surface area contributed by atoms with Crippen LogP contribution in [0.5, 0.6) is 11.5 Å². The lowest BCUT2D eigenvalue weighted by Gasteiger charge is -2.09. The van der Waals surface area contributed by atoms with Crippen molar-refractivity contribution >= 4 is 11.3 Å². The number of hydrogen-bond donors (Lipinski definition) is 1. The lowest BCUT2D eigenvalue weighted by molar-refractivity contribution is 0.355. The smallest absolute Gasteiger partial charge is 0.161 e. The molecule has 0 saturated carbocycles. The molecule has 2 heterocycles. The SMILES string of the molecule is COc1ccc(-c2nc(CN[C@H](C)c3ccco3)cs2)cc1OC. The summed E-state index contributed by atoms with van der Waals surface area (Å²) in [5.41, 5.74) is 2.02. The number of nitrogens with zero attached hydrogens (tertiary/aromatic N) is 1. The van der Waals surface area contributed by atoms with Gasteiger partial charge in [0.1, 0.15) is 10.8 Å². The molecule has 0 fully saturated rings. The lowest BCUT2D eigenvalue weighted by atomic mass is 10.2. The summed E-state index contributed by atoms with van der Waals surface area (Å²) in [7, 11) is 3.26. The molecule has 0 saturated heterocycles. The Labute approximate surface area is 145 Å². The summed E-state index contributed by atoms with van der Waals surface area (Å²) in [4.78, 5) is 4.69. The van der Waals surface area contributed by atoms with Gasteiger partial charge in [-0.15, -0.1) is 11.3 Å². The van der Waals surface area contributed by atoms with Gasteiger partial charge >= 0.3 is 0 Å². The molecule has 24 heavy (non-hydrogen) atoms. The third-order valence-corrected chi connectivity index (χ3v) is 4.68. The zero-order valence-corrected chi connectivity index (χ0v) is 14.7. The number of aromatic nitrogens is 1. The van der Waals surface area contributed by atoms with Crippen LogP contribution in [0.1, 0.15) is 24.4 Å². The second kappa shape index (κ2) is 7.51. The first kappa shape index (κ1) is 16.5. The molecule has 0 bridgehead atoms. The van der Waals surface area contributed by atoms with Gasteiger partial charge in [-0.3, -0.25) is 0 Å². The van der Waals surface area contributed by atoms with E-state index in [-0.39, 0.29) is 6.04 Å². The first-order chi connectivity index (χ1) is 11.7. The summed E-state index contributed by atoms with van der Waals surface area (Å²) < 4.78 is 16.0. The van der Waals surface area contributed by atoms with Gasteiger partial charge in [0, 0.05) is 17.5 Å². The number of thiazole rings is 1. The Morgan fingerprint density at radius 1 is 1.21 bits per heavy atom. The number of rotatable bonds is 7. The number of ether oxygens (including phenoxy) is 2. The predicted molar refractivity (Wildman–Crippen MR) is 94.6 cm³/mol. The highest BCUT2D eigenvalue weighted by atomic mass is 32.1. The zero-order chi connectivity index (χ0) is 16.9. The van der Waals surface area contributed by atoms with Crippen LogP contribution in [0.2, 0.25) is 0 Å². The predicted octanol–water partition coefficient (Wildman–Crippen LogP) is 4.27. The van der Waals surface area contributed by atoms with E-state index in [0.29, 0.717) is 18.0 Å². The van der Waals surface area contributed by atoms with Crippen LogP contribution < -0.4 is 14.8 Å². The number of nitrogens with one attached hydrogen (secondary N) is 1. The van der Waals surface area contributed by atoms with Crippen LogP contribution >= 0.6 is 11.3 Å². The molecule has 5 nitrogen and oxygen atoms in total. The minimum absolute atomic E-state index is 0.145. The van der Waals surface area contributed by atoms with Gasteiger partial charge in [-0.25, -0.2) is 4.98 Å². The molecule has 126 valence electrons. The van der Waals surface area contributed by atoms with E-state index in [9.17, 15) is 0 Å². The van der Waals surface area contributed by atoms with Crippen LogP contribution in [0.15, 0.2) is 46.4 Å². The highest BCUT2D eigenvalue weighted by Crippen LogP contribution is 2.33. The second-order valence-electron chi connectivity index (χ2n) is 5.33. The van der Waals surface area contributed by atoms with Crippen LogP contribution in [0.3, 0.4) is 0 Å². The summed E-state index contributed by atoms with van der Waals surface area (Å²) >= 11 is 1.61. The third-order valence-electron chi connectivity index (χ3n) is 3.74. The van der Waals surface area contributed by atoms with Crippen molar-refractivity contribution in [2.45, 2.75) is 19.5 Å². The first-order valence-corrected chi connectivity index (χ1v) is 8.53. The molecule has 0 unspecified atom stereocenters. The Kier molecular flexibility index (Phi) is 5.17. The largest absolute Gasteiger partial charge is 0.493 e. The van der Waals surface area contributed by atoms with Crippen molar-refractivity contribution in [2.75, 3.05) is 14.2 Å². The fourth-order valence-electron chi connectivity index (χ4n) is 2.39. The molecule has 0 aliphatic heterocycles. The molecule has 0 aliphatic rings. The van der Waals surface area contributed by atoms with Crippen LogP contribution in [-0.2, 0) is 6.54 Å². The highest BCUT2D eigenvalue weighted by molar-refractivity contribution is 7.13. The van der Waals surface area contributed by atoms with Gasteiger partial charge in [0.25, 0.3) is 0 Å². The van der Waals surface area contributed by atoms with Gasteiger partial charge in [-0.05, 0) is 37.3 Å². The molecule has 1 aromatic carbocycles. The van der Waals surface area contributed by atoms with Gasteiger partial charge in [0.2, 0.25) is 0 Å². The molecule has 3 rings (SSSR count). The van der Waals surface area contributed by atoms with Crippen molar-refractivity contribution in [1.82, 2.24) is 10.3 Å². The van der Waals surface area contributed by atoms with E-state index < -0.39 is 0 Å². The van der Waals surface area contributed by atoms with E-state index >= 15 is 0 Å². The van der Waals surface area contributed by atoms with Gasteiger partial charge in [-0.1, -0.05) is 0 Å². The van der Waals surface area contributed by atoms with Gasteiger partial charge in [0.05, 0.1) is 32.2 Å². The summed E-state index contributed by atoms with van der Waals surface area (Å²) in [6.07, 6.45) is 1.69. The second-order valence-corrected chi connectivity index (χ2v) is 6.19. The molecule has 0 aliphatic carbocycles. The van der Waals surface area contributed by atoms with Crippen molar-refractivity contribution < 1.29 is 13.9 Å². The van der Waals surface area contributed by atoms with Crippen molar-refractivity contribution in [3.8, 4) is 22.1 Å². The van der Waals surface area contributed by atoms with E-state index in [0.717, 1.165) is 22.0 Å². The standard InChI is InChI=1S/C18H20N2O3S/c1-12(15-5-4-8-23-15)19-10-14-11-24-18(20-14)13-6-7-16(21-2)17(9-13)22-3/h4-9,11-12,19H,10H2,1-3H3/t12-/m1/s1. The minimum Gasteiger partial charge on any atom is -0.493 e. The fraction of sp³-hybridized carbons (Fsp3) is 0.278. The summed E-state index contributed by atoms with van der Waals surface area (Å²) in [6.45, 7) is 2.76. The Hall–Kier alpha value is -2.31. The molecule has 0 amide bonds. The van der Waals surface area contributed by atoms with Gasteiger partial charge < -0.3 is 19.2 Å². The molecular formula is C18H20N2O3S. The molecule has 0 spiro atoms. The number of hydrogen-bond acceptors (Lipinski definition) is 6. The number of methoxy groups -OCH3 is 2. The maximum atomic E-state index is 5.40. The zero-order valence-electron chi connectivity index (χ0n) is 13.9. The summed E-state index contributed by atoms with van der Waals surface area (Å²) in [5.74, 6) is 2.34. The maximum absolute atomic E-state index is 5.40. The number of furan rings is 1.